The number of fused-ring (bicyclic) bond motifs is 1. The summed E-state index contributed by atoms with van der Waals surface area (Å²) in [5.41, 5.74) is 4.93. The van der Waals surface area contributed by atoms with Crippen molar-refractivity contribution in [2.75, 3.05) is 19.6 Å². The van der Waals surface area contributed by atoms with Crippen LogP contribution < -0.4 is 0 Å². The number of H-pyrrole nitrogens is 1. The molecule has 2 aliphatic heterocycles. The van der Waals surface area contributed by atoms with Crippen molar-refractivity contribution in [2.24, 2.45) is 5.92 Å². The number of aromatic amines is 1. The molecule has 2 saturated heterocycles. The Labute approximate surface area is 173 Å². The number of hydrogen-bond acceptors (Lipinski definition) is 2. The normalized spacial score (nSPS) is 21.4. The number of piperidine rings is 1. The molecule has 0 spiro atoms. The summed E-state index contributed by atoms with van der Waals surface area (Å²) in [6, 6.07) is 6.56. The van der Waals surface area contributed by atoms with Gasteiger partial charge in [-0.2, -0.15) is 0 Å². The number of hydrogen-bond donors (Lipinski definition) is 1. The Bertz CT molecular complexity index is 945. The summed E-state index contributed by atoms with van der Waals surface area (Å²) in [6.45, 7) is 12.5. The van der Waals surface area contributed by atoms with Gasteiger partial charge in [-0.25, -0.2) is 0 Å². The van der Waals surface area contributed by atoms with Crippen LogP contribution in [0.4, 0.5) is 0 Å². The fourth-order valence-electron chi connectivity index (χ4n) is 5.04. The zero-order valence-corrected chi connectivity index (χ0v) is 18.3. The number of carbonyl (C=O) groups excluding carboxylic acids is 2. The third kappa shape index (κ3) is 3.67. The van der Waals surface area contributed by atoms with Gasteiger partial charge in [0.25, 0.3) is 0 Å². The van der Waals surface area contributed by atoms with E-state index in [0.717, 1.165) is 25.9 Å². The molecule has 1 N–H and O–H groups in total. The second kappa shape index (κ2) is 7.19. The Balaban J connectivity index is 1.42. The molecular weight excluding hydrogens is 362 g/mol. The van der Waals surface area contributed by atoms with Crippen molar-refractivity contribution in [3.63, 3.8) is 0 Å². The number of likely N-dealkylation sites (tertiary alicyclic amines) is 2. The number of benzene rings is 1. The topological polar surface area (TPSA) is 56.4 Å². The number of nitrogens with zero attached hydrogens (tertiary/aromatic N) is 2. The highest BCUT2D eigenvalue weighted by Gasteiger charge is 2.41. The van der Waals surface area contributed by atoms with Gasteiger partial charge >= 0.3 is 0 Å². The molecular formula is C24H33N3O2. The summed E-state index contributed by atoms with van der Waals surface area (Å²) >= 11 is 0. The van der Waals surface area contributed by atoms with Gasteiger partial charge in [-0.05, 0) is 65.2 Å². The van der Waals surface area contributed by atoms with Gasteiger partial charge in [0, 0.05) is 54.1 Å². The van der Waals surface area contributed by atoms with E-state index in [-0.39, 0.29) is 23.3 Å². The van der Waals surface area contributed by atoms with E-state index < -0.39 is 0 Å². The summed E-state index contributed by atoms with van der Waals surface area (Å²) in [7, 11) is 0. The molecule has 2 aliphatic rings. The molecule has 5 nitrogen and oxygen atoms in total. The average Bonchev–Trinajstić information content (AvgIpc) is 3.22. The molecule has 1 aromatic carbocycles. The van der Waals surface area contributed by atoms with E-state index in [1.165, 1.54) is 27.7 Å². The Kier molecular flexibility index (Phi) is 4.96. The lowest BCUT2D eigenvalue weighted by Gasteiger charge is -2.34. The first-order chi connectivity index (χ1) is 13.6. The maximum atomic E-state index is 13.0. The molecule has 4 rings (SSSR count). The van der Waals surface area contributed by atoms with E-state index in [1.807, 2.05) is 30.6 Å². The molecule has 2 aromatic rings. The molecule has 0 saturated carbocycles. The lowest BCUT2D eigenvalue weighted by Crippen LogP contribution is -2.45. The molecule has 1 unspecified atom stereocenters. The maximum absolute atomic E-state index is 13.0. The average molecular weight is 396 g/mol. The van der Waals surface area contributed by atoms with Gasteiger partial charge in [-0.1, -0.05) is 11.6 Å². The highest BCUT2D eigenvalue weighted by molar-refractivity contribution is 5.90. The van der Waals surface area contributed by atoms with E-state index in [2.05, 4.69) is 37.0 Å². The smallest absolute Gasteiger partial charge is 0.227 e. The Hall–Kier alpha value is -2.30. The molecule has 3 heterocycles. The van der Waals surface area contributed by atoms with Crippen LogP contribution in [0.15, 0.2) is 18.2 Å². The molecule has 0 radical (unpaired) electrons. The van der Waals surface area contributed by atoms with E-state index >= 15 is 0 Å². The van der Waals surface area contributed by atoms with Gasteiger partial charge < -0.3 is 14.8 Å². The highest BCUT2D eigenvalue weighted by atomic mass is 16.2. The fraction of sp³-hybridized carbons (Fsp3) is 0.583. The van der Waals surface area contributed by atoms with Crippen molar-refractivity contribution in [1.82, 2.24) is 14.8 Å². The van der Waals surface area contributed by atoms with E-state index in [4.69, 9.17) is 0 Å². The van der Waals surface area contributed by atoms with Gasteiger partial charge in [0.15, 0.2) is 0 Å². The first-order valence-corrected chi connectivity index (χ1v) is 10.8. The van der Waals surface area contributed by atoms with Crippen molar-refractivity contribution in [1.29, 1.82) is 0 Å². The second-order valence-electron chi connectivity index (χ2n) is 9.89. The van der Waals surface area contributed by atoms with Crippen molar-refractivity contribution in [3.8, 4) is 0 Å². The van der Waals surface area contributed by atoms with Crippen LogP contribution in [0.3, 0.4) is 0 Å². The largest absolute Gasteiger partial charge is 0.358 e. The van der Waals surface area contributed by atoms with Crippen LogP contribution in [-0.2, 0) is 9.59 Å². The van der Waals surface area contributed by atoms with Gasteiger partial charge in [-0.15, -0.1) is 0 Å². The molecule has 156 valence electrons. The van der Waals surface area contributed by atoms with Crippen LogP contribution in [0.1, 0.15) is 62.8 Å². The van der Waals surface area contributed by atoms with Crippen molar-refractivity contribution in [2.45, 2.75) is 65.3 Å². The van der Waals surface area contributed by atoms with Crippen molar-refractivity contribution >= 4 is 22.7 Å². The van der Waals surface area contributed by atoms with Gasteiger partial charge in [0.2, 0.25) is 11.8 Å². The molecule has 1 aromatic heterocycles. The van der Waals surface area contributed by atoms with Crippen LogP contribution in [0.2, 0.25) is 0 Å². The first kappa shape index (κ1) is 20.0. The Morgan fingerprint density at radius 2 is 1.83 bits per heavy atom. The summed E-state index contributed by atoms with van der Waals surface area (Å²) < 4.78 is 0. The number of aromatic nitrogens is 1. The number of carbonyl (C=O) groups is 2. The van der Waals surface area contributed by atoms with E-state index in [0.29, 0.717) is 18.9 Å². The molecule has 2 fully saturated rings. The van der Waals surface area contributed by atoms with Gasteiger partial charge in [0.1, 0.15) is 0 Å². The monoisotopic (exact) mass is 395 g/mol. The van der Waals surface area contributed by atoms with Crippen LogP contribution >= 0.6 is 0 Å². The Morgan fingerprint density at radius 1 is 1.14 bits per heavy atom. The quantitative estimate of drug-likeness (QED) is 0.831. The van der Waals surface area contributed by atoms with Crippen molar-refractivity contribution in [3.05, 3.63) is 35.0 Å². The molecule has 0 aliphatic carbocycles. The minimum Gasteiger partial charge on any atom is -0.358 e. The lowest BCUT2D eigenvalue weighted by molar-refractivity contribution is -0.136. The van der Waals surface area contributed by atoms with E-state index in [9.17, 15) is 9.59 Å². The summed E-state index contributed by atoms with van der Waals surface area (Å²) in [6.07, 6.45) is 2.31. The fourth-order valence-corrected chi connectivity index (χ4v) is 5.04. The van der Waals surface area contributed by atoms with Crippen LogP contribution in [0.25, 0.3) is 10.9 Å². The standard InChI is InChI=1S/C24H33N3O2/c1-15-6-7-20-19(12-15)16(2)22(25-20)17-8-10-26(11-9-17)23(29)18-13-21(28)27(14-18)24(3,4)5/h6-7,12,17-18,25H,8-11,13-14H2,1-5H3. The predicted octanol–water partition coefficient (Wildman–Crippen LogP) is 4.14. The lowest BCUT2D eigenvalue weighted by atomic mass is 9.90. The minimum atomic E-state index is -0.218. The number of aryl methyl sites for hydroxylation is 2. The number of amides is 2. The molecule has 2 amide bonds. The first-order valence-electron chi connectivity index (χ1n) is 10.8. The number of nitrogens with one attached hydrogen (secondary N) is 1. The summed E-state index contributed by atoms with van der Waals surface area (Å²) in [5, 5.41) is 1.31. The van der Waals surface area contributed by atoms with E-state index in [1.54, 1.807) is 0 Å². The number of rotatable bonds is 2. The van der Waals surface area contributed by atoms with Crippen LogP contribution in [0, 0.1) is 19.8 Å². The summed E-state index contributed by atoms with van der Waals surface area (Å²) in [5.74, 6) is 0.543. The second-order valence-corrected chi connectivity index (χ2v) is 9.89. The Morgan fingerprint density at radius 3 is 2.45 bits per heavy atom. The summed E-state index contributed by atoms with van der Waals surface area (Å²) in [4.78, 5) is 32.9. The predicted molar refractivity (Wildman–Crippen MR) is 116 cm³/mol. The molecule has 29 heavy (non-hydrogen) atoms. The van der Waals surface area contributed by atoms with Crippen LogP contribution in [-0.4, -0.2) is 51.8 Å². The zero-order valence-electron chi connectivity index (χ0n) is 18.3. The van der Waals surface area contributed by atoms with Gasteiger partial charge in [0.05, 0.1) is 5.92 Å². The third-order valence-corrected chi connectivity index (χ3v) is 6.75. The molecule has 1 atom stereocenters. The van der Waals surface area contributed by atoms with Crippen LogP contribution in [0.5, 0.6) is 0 Å². The highest BCUT2D eigenvalue weighted by Crippen LogP contribution is 2.35. The van der Waals surface area contributed by atoms with Gasteiger partial charge in [-0.3, -0.25) is 9.59 Å². The minimum absolute atomic E-state index is 0.106. The van der Waals surface area contributed by atoms with Crippen molar-refractivity contribution < 1.29 is 9.59 Å². The maximum Gasteiger partial charge on any atom is 0.227 e. The third-order valence-electron chi connectivity index (χ3n) is 6.75. The molecule has 0 bridgehead atoms. The molecule has 5 heteroatoms. The SMILES string of the molecule is Cc1ccc2[nH]c(C3CCN(C(=O)C4CC(=O)N(C(C)(C)C)C4)CC3)c(C)c2c1. The zero-order chi connectivity index (χ0) is 20.9.